The van der Waals surface area contributed by atoms with Crippen LogP contribution in [0.5, 0.6) is 11.5 Å². The van der Waals surface area contributed by atoms with Crippen molar-refractivity contribution in [2.75, 3.05) is 13.2 Å². The summed E-state index contributed by atoms with van der Waals surface area (Å²) in [6.45, 7) is 20.4. The zero-order chi connectivity index (χ0) is 73.1. The molecule has 14 heteroatoms. The Kier molecular flexibility index (Phi) is 37.4. The van der Waals surface area contributed by atoms with Crippen LogP contribution in [0.25, 0.3) is 0 Å². The van der Waals surface area contributed by atoms with E-state index < -0.39 is 89.9 Å². The fraction of sp³-hybridized carbons (Fsp3) is 0.467. The second-order valence-electron chi connectivity index (χ2n) is 27.7. The molecule has 2 aliphatic rings. The van der Waals surface area contributed by atoms with E-state index in [0.29, 0.717) is 60.3 Å². The van der Waals surface area contributed by atoms with Gasteiger partial charge in [-0.05, 0) is 143 Å². The topological polar surface area (TPSA) is 55.4 Å². The van der Waals surface area contributed by atoms with Crippen LogP contribution in [0.2, 0.25) is 23.4 Å². The average molecular weight is 1640 g/mol. The summed E-state index contributed by atoms with van der Waals surface area (Å²) in [6.07, 6.45) is 7.40. The molecule has 104 heavy (non-hydrogen) atoms. The molecule has 2 fully saturated rings. The van der Waals surface area contributed by atoms with Crippen LogP contribution in [-0.2, 0) is 62.5 Å². The van der Waals surface area contributed by atoms with Crippen molar-refractivity contribution in [1.29, 1.82) is 0 Å². The number of hydrogen-bond acceptors (Lipinski definition) is 6. The predicted octanol–water partition coefficient (Wildman–Crippen LogP) is 26.2. The third-order valence-electron chi connectivity index (χ3n) is 20.6. The molecule has 2 aliphatic carbocycles. The largest absolute Gasteiger partial charge is 0.494 e. The second-order valence-corrected chi connectivity index (χ2v) is 39.6. The summed E-state index contributed by atoms with van der Waals surface area (Å²) in [5.41, 5.74) is 8.27. The number of benzene rings is 8. The summed E-state index contributed by atoms with van der Waals surface area (Å²) in [7, 11) is 0. The van der Waals surface area contributed by atoms with Crippen LogP contribution in [-0.4, -0.2) is 69.2 Å². The monoisotopic (exact) mass is 1640 g/mol. The molecule has 8 aromatic rings. The van der Waals surface area contributed by atoms with Crippen molar-refractivity contribution in [2.24, 2.45) is 23.7 Å². The van der Waals surface area contributed by atoms with E-state index in [1.165, 1.54) is 38.5 Å². The van der Waals surface area contributed by atoms with Gasteiger partial charge in [-0.1, -0.05) is 252 Å². The molecule has 566 valence electrons. The fourth-order valence-corrected chi connectivity index (χ4v) is 27.2. The molecule has 10 atom stereocenters. The molecule has 6 nitrogen and oxygen atoms in total. The van der Waals surface area contributed by atoms with Crippen LogP contribution in [0.1, 0.15) is 190 Å². The van der Waals surface area contributed by atoms with Crippen molar-refractivity contribution in [2.45, 2.75) is 228 Å². The van der Waals surface area contributed by atoms with E-state index in [9.17, 15) is 0 Å². The molecule has 0 aromatic heterocycles. The zero-order valence-electron chi connectivity index (χ0n) is 61.4. The van der Waals surface area contributed by atoms with Gasteiger partial charge in [-0.15, -0.1) is 0 Å². The normalized spacial score (nSPS) is 21.6. The van der Waals surface area contributed by atoms with E-state index >= 15 is 17.6 Å². The van der Waals surface area contributed by atoms with E-state index in [2.05, 4.69) is 36.7 Å². The molecule has 0 saturated heterocycles. The molecule has 0 aliphatic heterocycles. The van der Waals surface area contributed by atoms with Crippen molar-refractivity contribution in [1.82, 2.24) is 0 Å². The Labute approximate surface area is 647 Å². The first kappa shape index (κ1) is 87.7. The molecule has 0 spiro atoms. The number of ether oxygens (including phenoxy) is 6. The van der Waals surface area contributed by atoms with Crippen molar-refractivity contribution < 1.29 is 46.0 Å². The minimum Gasteiger partial charge on any atom is -0.494 e. The molecular formula is C90H117BrCl2F4O6Sn. The van der Waals surface area contributed by atoms with Crippen LogP contribution < -0.4 is 9.47 Å². The summed E-state index contributed by atoms with van der Waals surface area (Å²) in [6, 6.07) is 65.1. The first-order chi connectivity index (χ1) is 49.3. The van der Waals surface area contributed by atoms with Gasteiger partial charge in [0.15, 0.2) is 0 Å². The minimum absolute atomic E-state index is 0. The SMILES string of the molecule is C.C.CCC[CH2][SnH]([CH2]CCC)[CH2]CCC.CCOc1ccc(Cc2cc(C3(Br)[C@H](OCc4ccccc4)[C@@H](OCc4ccccc4)[C@H](C)[C@@H](CC)C3(F)F)ccc2Cl)cc1.CCOc1ccc(Cc2cc(C3[C@H](OCc4ccccc4)[C@@H](OCc4ccccc4)[C@H](C)[C@@H](CC)C3(F)F)ccc2Cl)cc1. The Morgan fingerprint density at radius 2 is 0.798 bits per heavy atom. The van der Waals surface area contributed by atoms with Gasteiger partial charge in [0.25, 0.3) is 11.8 Å². The van der Waals surface area contributed by atoms with Crippen molar-refractivity contribution >= 4 is 58.9 Å². The molecule has 2 saturated carbocycles. The maximum Gasteiger partial charge on any atom is 0.272 e. The molecule has 0 radical (unpaired) electrons. The predicted molar refractivity (Wildman–Crippen MR) is 433 cm³/mol. The first-order valence-electron chi connectivity index (χ1n) is 37.4. The molecule has 0 amide bonds. The molecule has 8 aromatic carbocycles. The Balaban J connectivity index is 0.000000274. The summed E-state index contributed by atoms with van der Waals surface area (Å²) < 4.78 is 108. The van der Waals surface area contributed by atoms with E-state index in [1.54, 1.807) is 43.6 Å². The van der Waals surface area contributed by atoms with E-state index in [1.807, 2.05) is 217 Å². The summed E-state index contributed by atoms with van der Waals surface area (Å²) in [4.78, 5) is 0. The average Bonchev–Trinajstić information content (AvgIpc) is 0.710. The van der Waals surface area contributed by atoms with E-state index in [-0.39, 0.29) is 41.1 Å². The zero-order valence-corrected chi connectivity index (χ0v) is 67.8. The number of hydrogen-bond donors (Lipinski definition) is 0. The Bertz CT molecular complexity index is 3660. The third-order valence-corrected chi connectivity index (χ3v) is 33.2. The molecular weight excluding hydrogens is 1520 g/mol. The summed E-state index contributed by atoms with van der Waals surface area (Å²) in [5.74, 6) is -8.60. The Morgan fingerprint density at radius 3 is 1.20 bits per heavy atom. The molecule has 0 bridgehead atoms. The van der Waals surface area contributed by atoms with Gasteiger partial charge in [0.1, 0.15) is 21.9 Å². The maximum atomic E-state index is 17.1. The van der Waals surface area contributed by atoms with Crippen LogP contribution in [0.15, 0.2) is 206 Å². The summed E-state index contributed by atoms with van der Waals surface area (Å²) >= 11 is 16.1. The standard InChI is InChI=1S/C38H40BrClF2O3.C38H41ClF2O3.3C4H9.2CH4.Sn.H/c1-4-33-26(3)35(44-24-28-12-8-6-9-13-28)36(45-25-29-14-10-7-11-15-29)37(39,38(33,41)42)31-18-21-34(40)30(23-31)22-27-16-19-32(20-17-27)43-5-2;1-4-33-26(3)36(43-24-28-12-8-6-9-13-28)37(44-25-29-14-10-7-11-15-29)35(38(33,40)41)30-18-21-34(39)31(23-30)22-27-16-19-32(20-17-27)42-5-2;3*1-3-4-2;;;;/h6-21,23,26,33,35-36H,4-5,22,24-25H2,1-3H3;6-21,23,26,33,35-37H,4-5,22,24-25H2,1-3H3;3*1,3-4H2,2H3;2*1H4;;/t26-,33-,35+,36-,37?;26-,33-,35?,36+,37+;;;;;;;/m11......./s1. The van der Waals surface area contributed by atoms with Gasteiger partial charge < -0.3 is 28.4 Å². The van der Waals surface area contributed by atoms with Gasteiger partial charge in [-0.25, -0.2) is 17.6 Å². The third kappa shape index (κ3) is 23.6. The van der Waals surface area contributed by atoms with Gasteiger partial charge >= 0.3 is 92.4 Å². The smallest absolute Gasteiger partial charge is 0.272 e. The van der Waals surface area contributed by atoms with Gasteiger partial charge in [0.05, 0.1) is 63.9 Å². The molecule has 2 unspecified atom stereocenters. The Morgan fingerprint density at radius 1 is 0.423 bits per heavy atom. The Hall–Kier alpha value is -5.22. The van der Waals surface area contributed by atoms with Crippen molar-refractivity contribution in [3.63, 3.8) is 0 Å². The van der Waals surface area contributed by atoms with Crippen LogP contribution in [0, 0.1) is 23.7 Å². The minimum atomic E-state index is -3.18. The van der Waals surface area contributed by atoms with Crippen molar-refractivity contribution in [3.8, 4) is 11.5 Å². The number of unbranched alkanes of at least 4 members (excludes halogenated alkanes) is 3. The summed E-state index contributed by atoms with van der Waals surface area (Å²) in [5, 5.41) is 1.06. The van der Waals surface area contributed by atoms with Crippen LogP contribution in [0.3, 0.4) is 0 Å². The molecule has 0 N–H and O–H groups in total. The van der Waals surface area contributed by atoms with E-state index in [4.69, 9.17) is 51.6 Å². The van der Waals surface area contributed by atoms with E-state index in [0.717, 1.165) is 56.0 Å². The molecule has 0 heterocycles. The number of halogens is 7. The number of alkyl halides is 5. The van der Waals surface area contributed by atoms with Gasteiger partial charge in [0, 0.05) is 21.9 Å². The van der Waals surface area contributed by atoms with Crippen LogP contribution >= 0.6 is 39.1 Å². The second kappa shape index (κ2) is 44.3. The maximum absolute atomic E-state index is 17.1. The first-order valence-corrected chi connectivity index (χ1v) is 46.0. The van der Waals surface area contributed by atoms with Gasteiger partial charge in [-0.3, -0.25) is 0 Å². The van der Waals surface area contributed by atoms with Crippen molar-refractivity contribution in [3.05, 3.63) is 272 Å². The fourth-order valence-electron chi connectivity index (χ4n) is 15.0. The van der Waals surface area contributed by atoms with Gasteiger partial charge in [-0.2, -0.15) is 0 Å². The quantitative estimate of drug-likeness (QED) is 0.0232. The number of rotatable bonds is 33. The molecule has 10 rings (SSSR count). The van der Waals surface area contributed by atoms with Gasteiger partial charge in [0.2, 0.25) is 0 Å². The van der Waals surface area contributed by atoms with Crippen LogP contribution in [0.4, 0.5) is 17.6 Å².